The van der Waals surface area contributed by atoms with Gasteiger partial charge in [0, 0.05) is 28.7 Å². The van der Waals surface area contributed by atoms with Crippen LogP contribution in [0.25, 0.3) is 10.9 Å². The normalized spacial score (nSPS) is 12.2. The fourth-order valence-corrected chi connectivity index (χ4v) is 2.96. The molecule has 5 nitrogen and oxygen atoms in total. The highest BCUT2D eigenvalue weighted by Crippen LogP contribution is 2.27. The highest BCUT2D eigenvalue weighted by atomic mass is 16.5. The molecule has 0 aliphatic heterocycles. The van der Waals surface area contributed by atoms with E-state index in [2.05, 4.69) is 15.5 Å². The van der Waals surface area contributed by atoms with Gasteiger partial charge in [0.15, 0.2) is 11.6 Å². The fourth-order valence-electron chi connectivity index (χ4n) is 2.96. The number of aryl methyl sites for hydroxylation is 1. The van der Waals surface area contributed by atoms with Crippen molar-refractivity contribution in [3.05, 3.63) is 83.7 Å². The second kappa shape index (κ2) is 6.28. The monoisotopic (exact) mass is 331 g/mol. The molecule has 0 bridgehead atoms. The Labute approximate surface area is 144 Å². The number of rotatable bonds is 5. The van der Waals surface area contributed by atoms with E-state index < -0.39 is 6.04 Å². The van der Waals surface area contributed by atoms with Gasteiger partial charge in [-0.1, -0.05) is 53.7 Å². The van der Waals surface area contributed by atoms with Crippen LogP contribution >= 0.6 is 0 Å². The lowest BCUT2D eigenvalue weighted by Crippen LogP contribution is -2.21. The van der Waals surface area contributed by atoms with E-state index in [1.165, 1.54) is 0 Å². The van der Waals surface area contributed by atoms with Crippen LogP contribution in [0.3, 0.4) is 0 Å². The van der Waals surface area contributed by atoms with E-state index in [4.69, 9.17) is 4.52 Å². The molecule has 4 rings (SSSR count). The zero-order valence-electron chi connectivity index (χ0n) is 13.7. The van der Waals surface area contributed by atoms with Crippen molar-refractivity contribution in [2.24, 2.45) is 0 Å². The number of fused-ring (bicyclic) bond motifs is 1. The number of H-pyrrole nitrogens is 1. The predicted molar refractivity (Wildman–Crippen MR) is 96.7 cm³/mol. The van der Waals surface area contributed by atoms with Gasteiger partial charge >= 0.3 is 0 Å². The molecule has 2 aromatic carbocycles. The quantitative estimate of drug-likeness (QED) is 0.528. The molecule has 2 aromatic heterocycles. The molecule has 0 aliphatic carbocycles. The summed E-state index contributed by atoms with van der Waals surface area (Å²) < 4.78 is 5.11. The zero-order chi connectivity index (χ0) is 17.2. The van der Waals surface area contributed by atoms with Gasteiger partial charge in [-0.3, -0.25) is 4.79 Å². The Balaban J connectivity index is 1.75. The summed E-state index contributed by atoms with van der Waals surface area (Å²) in [7, 11) is 0. The van der Waals surface area contributed by atoms with E-state index in [0.717, 1.165) is 16.5 Å². The lowest BCUT2D eigenvalue weighted by atomic mass is 9.97. The number of aromatic amines is 1. The van der Waals surface area contributed by atoms with Gasteiger partial charge in [0.05, 0.1) is 0 Å². The van der Waals surface area contributed by atoms with Crippen LogP contribution < -0.4 is 5.32 Å². The highest BCUT2D eigenvalue weighted by molar-refractivity contribution is 6.11. The van der Waals surface area contributed by atoms with Crippen LogP contribution in [0, 0.1) is 6.92 Å². The third-order valence-electron chi connectivity index (χ3n) is 4.17. The molecule has 124 valence electrons. The smallest absolute Gasteiger partial charge is 0.191 e. The summed E-state index contributed by atoms with van der Waals surface area (Å²) in [4.78, 5) is 16.5. The Kier molecular flexibility index (Phi) is 3.82. The van der Waals surface area contributed by atoms with E-state index in [0.29, 0.717) is 17.1 Å². The number of para-hydroxylation sites is 1. The second-order valence-electron chi connectivity index (χ2n) is 5.92. The van der Waals surface area contributed by atoms with Crippen molar-refractivity contribution in [1.82, 2.24) is 10.1 Å². The molecule has 1 unspecified atom stereocenters. The van der Waals surface area contributed by atoms with Crippen LogP contribution in [0.4, 0.5) is 5.82 Å². The summed E-state index contributed by atoms with van der Waals surface area (Å²) in [6.45, 7) is 1.82. The van der Waals surface area contributed by atoms with Gasteiger partial charge in [0.1, 0.15) is 11.8 Å². The molecule has 0 fully saturated rings. The van der Waals surface area contributed by atoms with E-state index in [1.807, 2.05) is 61.5 Å². The van der Waals surface area contributed by atoms with Gasteiger partial charge < -0.3 is 14.8 Å². The van der Waals surface area contributed by atoms with Crippen molar-refractivity contribution in [2.75, 3.05) is 5.32 Å². The third kappa shape index (κ3) is 2.92. The number of aromatic nitrogens is 2. The first kappa shape index (κ1) is 15.2. The molecule has 0 spiro atoms. The Bertz CT molecular complexity index is 1020. The number of ketones is 1. The molecule has 0 aliphatic rings. The predicted octanol–water partition coefficient (Wildman–Crippen LogP) is 4.50. The van der Waals surface area contributed by atoms with Crippen LogP contribution in [0.1, 0.15) is 27.7 Å². The molecule has 0 saturated carbocycles. The Hall–Kier alpha value is -3.34. The van der Waals surface area contributed by atoms with Crippen LogP contribution in [0.5, 0.6) is 0 Å². The number of nitrogens with zero attached hydrogens (tertiary/aromatic N) is 1. The summed E-state index contributed by atoms with van der Waals surface area (Å²) in [6, 6.07) is 18.6. The molecule has 1 atom stereocenters. The summed E-state index contributed by atoms with van der Waals surface area (Å²) >= 11 is 0. The Morgan fingerprint density at radius 2 is 1.88 bits per heavy atom. The maximum atomic E-state index is 13.3. The van der Waals surface area contributed by atoms with Gasteiger partial charge in [-0.25, -0.2) is 0 Å². The number of nitrogens with one attached hydrogen (secondary N) is 2. The lowest BCUT2D eigenvalue weighted by molar-refractivity contribution is 0.0971. The number of Topliss-reactive ketones (excluding diaryl/α,β-unsaturated/α-hetero) is 1. The molecule has 2 N–H and O–H groups in total. The molecular weight excluding hydrogens is 314 g/mol. The minimum absolute atomic E-state index is 0.0238. The summed E-state index contributed by atoms with van der Waals surface area (Å²) in [5.41, 5.74) is 2.46. The number of hydrogen-bond donors (Lipinski definition) is 2. The van der Waals surface area contributed by atoms with Gasteiger partial charge in [0.25, 0.3) is 0 Å². The van der Waals surface area contributed by atoms with E-state index in [9.17, 15) is 4.79 Å². The van der Waals surface area contributed by atoms with Crippen LogP contribution in [-0.2, 0) is 0 Å². The molecule has 2 heterocycles. The number of carbonyl (C=O) groups is 1. The third-order valence-corrected chi connectivity index (χ3v) is 4.17. The van der Waals surface area contributed by atoms with Gasteiger partial charge in [0.2, 0.25) is 0 Å². The van der Waals surface area contributed by atoms with Crippen LogP contribution in [0.2, 0.25) is 0 Å². The van der Waals surface area contributed by atoms with E-state index in [-0.39, 0.29) is 5.78 Å². The van der Waals surface area contributed by atoms with Gasteiger partial charge in [-0.05, 0) is 18.6 Å². The van der Waals surface area contributed by atoms with Crippen LogP contribution in [-0.4, -0.2) is 15.9 Å². The maximum absolute atomic E-state index is 13.3. The maximum Gasteiger partial charge on any atom is 0.191 e. The average Bonchev–Trinajstić information content (AvgIpc) is 3.26. The lowest BCUT2D eigenvalue weighted by Gasteiger charge is -2.17. The molecule has 0 saturated heterocycles. The first-order chi connectivity index (χ1) is 12.2. The van der Waals surface area contributed by atoms with Crippen molar-refractivity contribution in [2.45, 2.75) is 13.0 Å². The SMILES string of the molecule is Cc1cc(NC(C(=O)c2c[nH]c3ccccc23)c2ccccc2)no1. The number of carbonyl (C=O) groups excluding carboxylic acids is 1. The number of hydrogen-bond acceptors (Lipinski definition) is 4. The van der Waals surface area contributed by atoms with Gasteiger partial charge in [-0.2, -0.15) is 0 Å². The molecular formula is C20H17N3O2. The zero-order valence-corrected chi connectivity index (χ0v) is 13.7. The molecule has 25 heavy (non-hydrogen) atoms. The summed E-state index contributed by atoms with van der Waals surface area (Å²) in [5.74, 6) is 1.21. The van der Waals surface area contributed by atoms with E-state index >= 15 is 0 Å². The topological polar surface area (TPSA) is 70.9 Å². The van der Waals surface area contributed by atoms with Crippen LogP contribution in [0.15, 0.2) is 71.4 Å². The number of anilines is 1. The first-order valence-electron chi connectivity index (χ1n) is 8.07. The average molecular weight is 331 g/mol. The van der Waals surface area contributed by atoms with Crippen molar-refractivity contribution >= 4 is 22.5 Å². The summed E-state index contributed by atoms with van der Waals surface area (Å²) in [5, 5.41) is 8.07. The molecule has 4 aromatic rings. The first-order valence-corrected chi connectivity index (χ1v) is 8.07. The van der Waals surface area contributed by atoms with Crippen molar-refractivity contribution in [1.29, 1.82) is 0 Å². The van der Waals surface area contributed by atoms with Gasteiger partial charge in [-0.15, -0.1) is 0 Å². The molecule has 0 radical (unpaired) electrons. The Morgan fingerprint density at radius 3 is 2.64 bits per heavy atom. The molecule has 0 amide bonds. The molecule has 5 heteroatoms. The Morgan fingerprint density at radius 1 is 1.12 bits per heavy atom. The minimum atomic E-state index is -0.551. The summed E-state index contributed by atoms with van der Waals surface area (Å²) in [6.07, 6.45) is 1.76. The standard InChI is InChI=1S/C20H17N3O2/c1-13-11-18(23-25-13)22-19(14-7-3-2-4-8-14)20(24)16-12-21-17-10-6-5-9-15(16)17/h2-12,19,21H,1H3,(H,22,23). The highest BCUT2D eigenvalue weighted by Gasteiger charge is 2.25. The van der Waals surface area contributed by atoms with E-state index in [1.54, 1.807) is 12.3 Å². The number of benzene rings is 2. The van der Waals surface area contributed by atoms with Crippen molar-refractivity contribution in [3.63, 3.8) is 0 Å². The largest absolute Gasteiger partial charge is 0.360 e. The second-order valence-corrected chi connectivity index (χ2v) is 5.92. The minimum Gasteiger partial charge on any atom is -0.360 e. The van der Waals surface area contributed by atoms with Crippen molar-refractivity contribution < 1.29 is 9.32 Å². The fraction of sp³-hybridized carbons (Fsp3) is 0.100. The van der Waals surface area contributed by atoms with Crippen molar-refractivity contribution in [3.8, 4) is 0 Å².